The fourth-order valence-corrected chi connectivity index (χ4v) is 3.14. The highest BCUT2D eigenvalue weighted by molar-refractivity contribution is 6.04. The van der Waals surface area contributed by atoms with Crippen LogP contribution in [0.4, 0.5) is 5.69 Å². The predicted molar refractivity (Wildman–Crippen MR) is 123 cm³/mol. The number of pyridine rings is 1. The molecule has 0 saturated heterocycles. The van der Waals surface area contributed by atoms with E-state index in [0.29, 0.717) is 16.8 Å². The van der Waals surface area contributed by atoms with Crippen molar-refractivity contribution in [1.82, 2.24) is 20.3 Å². The quantitative estimate of drug-likeness (QED) is 0.509. The van der Waals surface area contributed by atoms with Gasteiger partial charge in [0.15, 0.2) is 0 Å². The molecule has 3 aromatic rings. The number of carbonyl (C=O) groups is 1. The van der Waals surface area contributed by atoms with Gasteiger partial charge >= 0.3 is 0 Å². The molecule has 0 unspecified atom stereocenters. The fourth-order valence-electron chi connectivity index (χ4n) is 3.14. The van der Waals surface area contributed by atoms with Crippen LogP contribution in [-0.2, 0) is 11.8 Å². The Balaban J connectivity index is 1.79. The number of nitrogens with one attached hydrogen (secondary N) is 3. The van der Waals surface area contributed by atoms with E-state index in [1.54, 1.807) is 36.7 Å². The first-order chi connectivity index (χ1) is 14.8. The zero-order valence-corrected chi connectivity index (χ0v) is 18.5. The van der Waals surface area contributed by atoms with Gasteiger partial charge in [0.05, 0.1) is 5.69 Å². The smallest absolute Gasteiger partial charge is 0.271 e. The summed E-state index contributed by atoms with van der Waals surface area (Å²) in [7, 11) is 1.91. The van der Waals surface area contributed by atoms with Crippen molar-refractivity contribution in [2.45, 2.75) is 39.0 Å². The number of hydrogen-bond acceptors (Lipinski definition) is 5. The van der Waals surface area contributed by atoms with Crippen LogP contribution in [0.2, 0.25) is 0 Å². The highest BCUT2D eigenvalue weighted by Gasteiger charge is 2.15. The van der Waals surface area contributed by atoms with Gasteiger partial charge in [-0.1, -0.05) is 32.9 Å². The van der Waals surface area contributed by atoms with Crippen LogP contribution in [0, 0.1) is 0 Å². The number of rotatable bonds is 7. The number of benzene rings is 1. The summed E-state index contributed by atoms with van der Waals surface area (Å²) in [5.41, 5.74) is 2.84. The lowest BCUT2D eigenvalue weighted by Gasteiger charge is -2.19. The van der Waals surface area contributed by atoms with Crippen molar-refractivity contribution in [3.05, 3.63) is 76.1 Å². The summed E-state index contributed by atoms with van der Waals surface area (Å²) in [6, 6.07) is 10.8. The van der Waals surface area contributed by atoms with Gasteiger partial charge in [-0.15, -0.1) is 0 Å². The van der Waals surface area contributed by atoms with Gasteiger partial charge in [-0.2, -0.15) is 0 Å². The Hall–Kier alpha value is -3.32. The van der Waals surface area contributed by atoms with Crippen LogP contribution in [0.5, 0.6) is 0 Å². The zero-order valence-electron chi connectivity index (χ0n) is 18.5. The lowest BCUT2D eigenvalue weighted by Crippen LogP contribution is -2.20. The average Bonchev–Trinajstić information content (AvgIpc) is 2.75. The molecule has 0 radical (unpaired) electrons. The molecule has 2 heterocycles. The van der Waals surface area contributed by atoms with Crippen LogP contribution >= 0.6 is 0 Å². The topological polar surface area (TPSA) is 99.8 Å². The fraction of sp³-hybridized carbons (Fsp3) is 0.333. The van der Waals surface area contributed by atoms with E-state index in [2.05, 4.69) is 46.4 Å². The molecule has 2 aromatic heterocycles. The third-order valence-electron chi connectivity index (χ3n) is 4.99. The molecule has 0 bridgehead atoms. The van der Waals surface area contributed by atoms with Crippen LogP contribution < -0.4 is 16.2 Å². The van der Waals surface area contributed by atoms with Crippen LogP contribution in [0.3, 0.4) is 0 Å². The van der Waals surface area contributed by atoms with E-state index in [9.17, 15) is 9.59 Å². The second-order valence-corrected chi connectivity index (χ2v) is 8.48. The number of aryl methyl sites for hydroxylation is 1. The molecule has 3 rings (SSSR count). The minimum Gasteiger partial charge on any atom is -0.327 e. The van der Waals surface area contributed by atoms with E-state index in [4.69, 9.17) is 0 Å². The van der Waals surface area contributed by atoms with E-state index in [1.807, 2.05) is 19.2 Å². The number of anilines is 1. The van der Waals surface area contributed by atoms with E-state index < -0.39 is 0 Å². The molecule has 162 valence electrons. The molecular weight excluding hydrogens is 390 g/mol. The molecule has 1 amide bonds. The van der Waals surface area contributed by atoms with Gasteiger partial charge in [-0.3, -0.25) is 9.59 Å². The molecule has 0 aliphatic rings. The van der Waals surface area contributed by atoms with Gasteiger partial charge in [-0.05, 0) is 55.3 Å². The normalized spacial score (nSPS) is 11.4. The lowest BCUT2D eigenvalue weighted by molar-refractivity contribution is 0.102. The highest BCUT2D eigenvalue weighted by Crippen LogP contribution is 2.23. The Kier molecular flexibility index (Phi) is 6.97. The SMILES string of the molecule is CNCCCc1nccc(-c2c[nH]c(=O)c(NC(=O)c3ccc(C(C)(C)C)cc3)c2)n1. The van der Waals surface area contributed by atoms with Crippen molar-refractivity contribution >= 4 is 11.6 Å². The molecule has 0 saturated carbocycles. The zero-order chi connectivity index (χ0) is 22.4. The third kappa shape index (κ3) is 5.86. The summed E-state index contributed by atoms with van der Waals surface area (Å²) >= 11 is 0. The largest absolute Gasteiger partial charge is 0.327 e. The summed E-state index contributed by atoms with van der Waals surface area (Å²) in [5.74, 6) is 0.405. The van der Waals surface area contributed by atoms with E-state index in [1.165, 1.54) is 0 Å². The molecule has 0 atom stereocenters. The molecular formula is C24H29N5O2. The highest BCUT2D eigenvalue weighted by atomic mass is 16.2. The molecule has 7 heteroatoms. The molecule has 1 aromatic carbocycles. The van der Waals surface area contributed by atoms with Crippen LogP contribution in [0.15, 0.2) is 53.6 Å². The first kappa shape index (κ1) is 22.4. The summed E-state index contributed by atoms with van der Waals surface area (Å²) in [6.07, 6.45) is 4.99. The first-order valence-corrected chi connectivity index (χ1v) is 10.4. The molecule has 0 aliphatic carbocycles. The summed E-state index contributed by atoms with van der Waals surface area (Å²) < 4.78 is 0. The molecule has 0 aliphatic heterocycles. The Bertz CT molecular complexity index is 1100. The Morgan fingerprint density at radius 3 is 2.55 bits per heavy atom. The van der Waals surface area contributed by atoms with Crippen molar-refractivity contribution in [3.8, 4) is 11.3 Å². The molecule has 0 spiro atoms. The summed E-state index contributed by atoms with van der Waals surface area (Å²) in [6.45, 7) is 7.24. The standard InChI is InChI=1S/C24H29N5O2/c1-24(2,3)18-9-7-16(8-10-18)22(30)29-20-14-17(15-27-23(20)31)19-11-13-26-21(28-19)6-5-12-25-4/h7-11,13-15,25H,5-6,12H2,1-4H3,(H,27,31)(H,29,30). The number of nitrogens with zero attached hydrogens (tertiary/aromatic N) is 2. The van der Waals surface area contributed by atoms with Crippen LogP contribution in [0.1, 0.15) is 48.9 Å². The van der Waals surface area contributed by atoms with E-state index in [-0.39, 0.29) is 22.6 Å². The second-order valence-electron chi connectivity index (χ2n) is 8.48. The van der Waals surface area contributed by atoms with Gasteiger partial charge in [0.2, 0.25) is 0 Å². The number of carbonyl (C=O) groups excluding carboxylic acids is 1. The second kappa shape index (κ2) is 9.66. The molecule has 3 N–H and O–H groups in total. The maximum absolute atomic E-state index is 12.7. The minimum atomic E-state index is -0.369. The number of H-pyrrole nitrogens is 1. The number of aromatic nitrogens is 3. The van der Waals surface area contributed by atoms with Crippen molar-refractivity contribution in [2.24, 2.45) is 0 Å². The maximum atomic E-state index is 12.7. The van der Waals surface area contributed by atoms with E-state index in [0.717, 1.165) is 30.8 Å². The average molecular weight is 420 g/mol. The Morgan fingerprint density at radius 1 is 1.13 bits per heavy atom. The molecule has 31 heavy (non-hydrogen) atoms. The number of hydrogen-bond donors (Lipinski definition) is 3. The molecule has 7 nitrogen and oxygen atoms in total. The summed E-state index contributed by atoms with van der Waals surface area (Å²) in [4.78, 5) is 36.5. The van der Waals surface area contributed by atoms with Gasteiger partial charge in [0.1, 0.15) is 11.5 Å². The Morgan fingerprint density at radius 2 is 1.87 bits per heavy atom. The van der Waals surface area contributed by atoms with Gasteiger partial charge in [0, 0.05) is 29.9 Å². The van der Waals surface area contributed by atoms with Gasteiger partial charge in [-0.25, -0.2) is 9.97 Å². The molecule has 0 fully saturated rings. The third-order valence-corrected chi connectivity index (χ3v) is 4.99. The summed E-state index contributed by atoms with van der Waals surface area (Å²) in [5, 5.41) is 5.82. The Labute approximate surface area is 182 Å². The minimum absolute atomic E-state index is 0.00390. The van der Waals surface area contributed by atoms with Crippen molar-refractivity contribution in [1.29, 1.82) is 0 Å². The van der Waals surface area contributed by atoms with Crippen molar-refractivity contribution in [2.75, 3.05) is 18.9 Å². The van der Waals surface area contributed by atoms with Crippen molar-refractivity contribution < 1.29 is 4.79 Å². The lowest BCUT2D eigenvalue weighted by atomic mass is 9.87. The van der Waals surface area contributed by atoms with Crippen LogP contribution in [0.25, 0.3) is 11.3 Å². The van der Waals surface area contributed by atoms with Crippen LogP contribution in [-0.4, -0.2) is 34.5 Å². The number of amides is 1. The van der Waals surface area contributed by atoms with Gasteiger partial charge < -0.3 is 15.6 Å². The van der Waals surface area contributed by atoms with E-state index >= 15 is 0 Å². The first-order valence-electron chi connectivity index (χ1n) is 10.4. The maximum Gasteiger partial charge on any atom is 0.271 e. The van der Waals surface area contributed by atoms with Crippen molar-refractivity contribution in [3.63, 3.8) is 0 Å². The monoisotopic (exact) mass is 419 g/mol. The predicted octanol–water partition coefficient (Wildman–Crippen LogP) is 3.53. The van der Waals surface area contributed by atoms with Gasteiger partial charge in [0.25, 0.3) is 11.5 Å². The number of aromatic amines is 1.